The lowest BCUT2D eigenvalue weighted by atomic mass is 9.94. The quantitative estimate of drug-likeness (QED) is 0.877. The number of rotatable bonds is 2. The van der Waals surface area contributed by atoms with Gasteiger partial charge in [0, 0.05) is 15.8 Å². The van der Waals surface area contributed by atoms with Crippen molar-refractivity contribution in [1.82, 2.24) is 4.90 Å². The molecule has 2 nitrogen and oxygen atoms in total. The summed E-state index contributed by atoms with van der Waals surface area (Å²) < 4.78 is 0. The highest BCUT2D eigenvalue weighted by Crippen LogP contribution is 2.40. The van der Waals surface area contributed by atoms with Crippen molar-refractivity contribution in [3.8, 4) is 0 Å². The minimum atomic E-state index is 0.262. The second kappa shape index (κ2) is 4.71. The Morgan fingerprint density at radius 3 is 2.65 bits per heavy atom. The lowest BCUT2D eigenvalue weighted by Gasteiger charge is -2.23. The average Bonchev–Trinajstić information content (AvgIpc) is 2.82. The van der Waals surface area contributed by atoms with Gasteiger partial charge < -0.3 is 5.73 Å². The van der Waals surface area contributed by atoms with Gasteiger partial charge in [0.25, 0.3) is 0 Å². The van der Waals surface area contributed by atoms with Crippen molar-refractivity contribution < 1.29 is 0 Å². The fourth-order valence-electron chi connectivity index (χ4n) is 2.64. The topological polar surface area (TPSA) is 29.3 Å². The van der Waals surface area contributed by atoms with Gasteiger partial charge in [0.05, 0.1) is 0 Å². The second-order valence-corrected chi connectivity index (χ2v) is 7.28. The minimum absolute atomic E-state index is 0.262. The molecular formula is C14H24N2S. The van der Waals surface area contributed by atoms with Crippen LogP contribution in [0.2, 0.25) is 0 Å². The van der Waals surface area contributed by atoms with Crippen LogP contribution in [0.1, 0.15) is 43.0 Å². The van der Waals surface area contributed by atoms with E-state index in [0.29, 0.717) is 12.0 Å². The molecule has 2 rings (SSSR count). The molecule has 0 amide bonds. The average molecular weight is 252 g/mol. The molecule has 1 aromatic rings. The molecule has 1 aliphatic heterocycles. The maximum Gasteiger partial charge on any atom is 0.0479 e. The summed E-state index contributed by atoms with van der Waals surface area (Å²) in [4.78, 5) is 5.42. The fourth-order valence-corrected chi connectivity index (χ4v) is 3.96. The summed E-state index contributed by atoms with van der Waals surface area (Å²) in [6, 6.07) is 5.14. The summed E-state index contributed by atoms with van der Waals surface area (Å²) >= 11 is 1.96. The molecule has 3 heteroatoms. The van der Waals surface area contributed by atoms with Crippen LogP contribution >= 0.6 is 11.3 Å². The first-order valence-electron chi connectivity index (χ1n) is 6.44. The first-order valence-corrected chi connectivity index (χ1v) is 7.25. The van der Waals surface area contributed by atoms with E-state index < -0.39 is 0 Å². The number of nitrogens with zero attached hydrogens (tertiary/aromatic N) is 1. The van der Waals surface area contributed by atoms with Crippen LogP contribution in [0.5, 0.6) is 0 Å². The highest BCUT2D eigenvalue weighted by Gasteiger charge is 2.33. The van der Waals surface area contributed by atoms with Gasteiger partial charge in [0.2, 0.25) is 0 Å². The zero-order chi connectivity index (χ0) is 12.6. The van der Waals surface area contributed by atoms with Gasteiger partial charge in [0.1, 0.15) is 0 Å². The van der Waals surface area contributed by atoms with Crippen LogP contribution in [0.15, 0.2) is 12.1 Å². The number of nitrogens with two attached hydrogens (primary N) is 1. The molecule has 2 atom stereocenters. The third-order valence-corrected chi connectivity index (χ3v) is 5.32. The van der Waals surface area contributed by atoms with E-state index in [4.69, 9.17) is 5.73 Å². The van der Waals surface area contributed by atoms with E-state index in [9.17, 15) is 0 Å². The summed E-state index contributed by atoms with van der Waals surface area (Å²) in [5.41, 5.74) is 6.16. The van der Waals surface area contributed by atoms with Gasteiger partial charge in [-0.3, -0.25) is 4.90 Å². The fraction of sp³-hybridized carbons (Fsp3) is 0.714. The van der Waals surface area contributed by atoms with E-state index in [0.717, 1.165) is 6.54 Å². The number of hydrogen-bond acceptors (Lipinski definition) is 3. The van der Waals surface area contributed by atoms with Crippen LogP contribution in [0.25, 0.3) is 0 Å². The third kappa shape index (κ3) is 2.56. The van der Waals surface area contributed by atoms with Crippen LogP contribution in [-0.2, 0) is 5.41 Å². The first kappa shape index (κ1) is 13.1. The Morgan fingerprint density at radius 2 is 2.12 bits per heavy atom. The monoisotopic (exact) mass is 252 g/mol. The number of hydrogen-bond donors (Lipinski definition) is 1. The van der Waals surface area contributed by atoms with E-state index in [1.807, 2.05) is 11.3 Å². The molecule has 2 N–H and O–H groups in total. The smallest absolute Gasteiger partial charge is 0.0479 e. The Bertz CT molecular complexity index is 378. The third-order valence-electron chi connectivity index (χ3n) is 3.73. The Labute approximate surface area is 109 Å². The lowest BCUT2D eigenvalue weighted by Crippen LogP contribution is -2.24. The van der Waals surface area contributed by atoms with Gasteiger partial charge in [-0.2, -0.15) is 0 Å². The summed E-state index contributed by atoms with van der Waals surface area (Å²) in [6.07, 6.45) is 1.24. The van der Waals surface area contributed by atoms with Gasteiger partial charge in [-0.1, -0.05) is 20.8 Å². The Balaban J connectivity index is 2.24. The van der Waals surface area contributed by atoms with Crippen molar-refractivity contribution in [1.29, 1.82) is 0 Å². The maximum atomic E-state index is 5.89. The highest BCUT2D eigenvalue weighted by atomic mass is 32.1. The van der Waals surface area contributed by atoms with Gasteiger partial charge in [0.15, 0.2) is 0 Å². The molecule has 1 aromatic heterocycles. The van der Waals surface area contributed by atoms with Crippen molar-refractivity contribution >= 4 is 11.3 Å². The molecule has 2 unspecified atom stereocenters. The molecule has 2 heterocycles. The predicted molar refractivity (Wildman–Crippen MR) is 75.6 cm³/mol. The molecule has 0 radical (unpaired) electrons. The zero-order valence-electron chi connectivity index (χ0n) is 11.4. The van der Waals surface area contributed by atoms with Crippen LogP contribution in [0.4, 0.5) is 0 Å². The molecule has 17 heavy (non-hydrogen) atoms. The van der Waals surface area contributed by atoms with Crippen molar-refractivity contribution in [2.45, 2.75) is 38.6 Å². The SMILES string of the molecule is CN1CCC(CN)C1c1ccc(C(C)(C)C)s1. The number of likely N-dealkylation sites (tertiary alicyclic amines) is 1. The van der Waals surface area contributed by atoms with E-state index in [1.54, 1.807) is 0 Å². The van der Waals surface area contributed by atoms with Crippen LogP contribution in [-0.4, -0.2) is 25.0 Å². The molecule has 1 aliphatic rings. The summed E-state index contributed by atoms with van der Waals surface area (Å²) in [7, 11) is 2.22. The molecule has 1 fully saturated rings. The van der Waals surface area contributed by atoms with Gasteiger partial charge >= 0.3 is 0 Å². The molecule has 96 valence electrons. The lowest BCUT2D eigenvalue weighted by molar-refractivity contribution is 0.284. The normalized spacial score (nSPS) is 26.6. The molecule has 0 bridgehead atoms. The Kier molecular flexibility index (Phi) is 3.62. The summed E-state index contributed by atoms with van der Waals surface area (Å²) in [5.74, 6) is 0.631. The van der Waals surface area contributed by atoms with E-state index in [1.165, 1.54) is 22.7 Å². The van der Waals surface area contributed by atoms with Gasteiger partial charge in [-0.15, -0.1) is 11.3 Å². The van der Waals surface area contributed by atoms with Crippen molar-refractivity contribution in [3.05, 3.63) is 21.9 Å². The van der Waals surface area contributed by atoms with Crippen LogP contribution < -0.4 is 5.73 Å². The standard InChI is InChI=1S/C14H24N2S/c1-14(2,3)12-6-5-11(17-12)13-10(9-15)7-8-16(13)4/h5-6,10,13H,7-9,15H2,1-4H3. The molecule has 0 spiro atoms. The number of thiophene rings is 1. The van der Waals surface area contributed by atoms with Crippen molar-refractivity contribution in [2.75, 3.05) is 20.1 Å². The summed E-state index contributed by atoms with van der Waals surface area (Å²) in [5, 5.41) is 0. The van der Waals surface area contributed by atoms with Gasteiger partial charge in [-0.05, 0) is 50.0 Å². The van der Waals surface area contributed by atoms with Gasteiger partial charge in [-0.25, -0.2) is 0 Å². The first-order chi connectivity index (χ1) is 7.93. The van der Waals surface area contributed by atoms with Crippen LogP contribution in [0, 0.1) is 5.92 Å². The Hall–Kier alpha value is -0.380. The molecule has 0 aromatic carbocycles. The molecule has 0 aliphatic carbocycles. The summed E-state index contributed by atoms with van der Waals surface area (Å²) in [6.45, 7) is 8.82. The second-order valence-electron chi connectivity index (χ2n) is 6.16. The molecule has 0 saturated carbocycles. The van der Waals surface area contributed by atoms with E-state index >= 15 is 0 Å². The Morgan fingerprint density at radius 1 is 1.41 bits per heavy atom. The zero-order valence-corrected chi connectivity index (χ0v) is 12.2. The van der Waals surface area contributed by atoms with E-state index in [-0.39, 0.29) is 5.41 Å². The highest BCUT2D eigenvalue weighted by molar-refractivity contribution is 7.12. The van der Waals surface area contributed by atoms with E-state index in [2.05, 4.69) is 44.9 Å². The molecule has 1 saturated heterocycles. The molecular weight excluding hydrogens is 228 g/mol. The van der Waals surface area contributed by atoms with Crippen molar-refractivity contribution in [2.24, 2.45) is 11.7 Å². The largest absolute Gasteiger partial charge is 0.330 e. The maximum absolute atomic E-state index is 5.89. The predicted octanol–water partition coefficient (Wildman–Crippen LogP) is 3.00. The van der Waals surface area contributed by atoms with Crippen molar-refractivity contribution in [3.63, 3.8) is 0 Å². The van der Waals surface area contributed by atoms with Crippen LogP contribution in [0.3, 0.4) is 0 Å². The minimum Gasteiger partial charge on any atom is -0.330 e.